The molecule has 0 radical (unpaired) electrons. The van der Waals surface area contributed by atoms with Crippen LogP contribution < -0.4 is 5.32 Å². The zero-order valence-electron chi connectivity index (χ0n) is 8.52. The van der Waals surface area contributed by atoms with Gasteiger partial charge in [-0.1, -0.05) is 23.2 Å². The fraction of sp³-hybridized carbons (Fsp3) is 0. The Morgan fingerprint density at radius 1 is 1.17 bits per heavy atom. The first-order valence-corrected chi connectivity index (χ1v) is 6.50. The van der Waals surface area contributed by atoms with E-state index in [1.54, 1.807) is 0 Å². The number of nitrogens with zero attached hydrogens (tertiary/aromatic N) is 2. The largest absolute Gasteiger partial charge is 0.338 e. The van der Waals surface area contributed by atoms with Crippen LogP contribution in [-0.2, 0) is 0 Å². The number of rotatable bonds is 2. The van der Waals surface area contributed by atoms with Crippen molar-refractivity contribution in [3.05, 3.63) is 43.9 Å². The second-order valence-electron chi connectivity index (χ2n) is 3.20. The minimum atomic E-state index is -0.427. The lowest BCUT2D eigenvalue weighted by atomic mass is 10.3. The summed E-state index contributed by atoms with van der Waals surface area (Å²) in [5, 5.41) is 3.25. The molecule has 0 saturated heterocycles. The van der Waals surface area contributed by atoms with Crippen LogP contribution in [0.5, 0.6) is 0 Å². The second kappa shape index (κ2) is 5.57. The lowest BCUT2D eigenvalue weighted by Crippen LogP contribution is -1.98. The van der Waals surface area contributed by atoms with Gasteiger partial charge in [0.2, 0.25) is 5.28 Å². The van der Waals surface area contributed by atoms with Crippen LogP contribution in [0.2, 0.25) is 15.5 Å². The summed E-state index contributed by atoms with van der Waals surface area (Å²) in [4.78, 5) is 7.70. The van der Waals surface area contributed by atoms with Crippen LogP contribution in [0, 0.1) is 5.82 Å². The Morgan fingerprint density at radius 2 is 1.89 bits per heavy atom. The van der Waals surface area contributed by atoms with Gasteiger partial charge in [-0.2, -0.15) is 4.98 Å². The molecular formula is C10H4BrCl3FN3. The average molecular weight is 371 g/mol. The van der Waals surface area contributed by atoms with Crippen LogP contribution in [0.25, 0.3) is 0 Å². The van der Waals surface area contributed by atoms with E-state index >= 15 is 0 Å². The molecule has 0 aliphatic carbocycles. The molecule has 94 valence electrons. The fourth-order valence-corrected chi connectivity index (χ4v) is 2.07. The van der Waals surface area contributed by atoms with Gasteiger partial charge in [0.15, 0.2) is 5.82 Å². The molecule has 2 aromatic rings. The Kier molecular flexibility index (Phi) is 4.27. The predicted molar refractivity (Wildman–Crippen MR) is 74.4 cm³/mol. The zero-order valence-corrected chi connectivity index (χ0v) is 12.4. The summed E-state index contributed by atoms with van der Waals surface area (Å²) >= 11 is 20.6. The van der Waals surface area contributed by atoms with E-state index in [9.17, 15) is 4.39 Å². The lowest BCUT2D eigenvalue weighted by Gasteiger charge is -2.10. The fourth-order valence-electron chi connectivity index (χ4n) is 1.20. The molecule has 0 bridgehead atoms. The Morgan fingerprint density at radius 3 is 2.56 bits per heavy atom. The molecule has 0 fully saturated rings. The summed E-state index contributed by atoms with van der Waals surface area (Å²) in [6.07, 6.45) is 0. The number of hydrogen-bond donors (Lipinski definition) is 1. The van der Waals surface area contributed by atoms with Crippen molar-refractivity contribution in [1.82, 2.24) is 9.97 Å². The minimum Gasteiger partial charge on any atom is -0.338 e. The molecule has 0 aliphatic heterocycles. The molecule has 0 saturated carbocycles. The molecule has 1 aromatic carbocycles. The Hall–Kier alpha value is -0.620. The van der Waals surface area contributed by atoms with Crippen molar-refractivity contribution in [2.45, 2.75) is 0 Å². The van der Waals surface area contributed by atoms with Crippen molar-refractivity contribution >= 4 is 62.2 Å². The van der Waals surface area contributed by atoms with Gasteiger partial charge in [-0.15, -0.1) is 0 Å². The topological polar surface area (TPSA) is 37.8 Å². The van der Waals surface area contributed by atoms with E-state index in [1.807, 2.05) is 0 Å². The molecule has 1 N–H and O–H groups in total. The Bertz CT molecular complexity index is 609. The maximum atomic E-state index is 12.9. The molecule has 2 rings (SSSR count). The highest BCUT2D eigenvalue weighted by atomic mass is 79.9. The molecule has 18 heavy (non-hydrogen) atoms. The predicted octanol–water partition coefficient (Wildman–Crippen LogP) is 5.08. The van der Waals surface area contributed by atoms with E-state index in [1.165, 1.54) is 18.2 Å². The van der Waals surface area contributed by atoms with Crippen molar-refractivity contribution in [3.63, 3.8) is 0 Å². The van der Waals surface area contributed by atoms with E-state index < -0.39 is 5.82 Å². The Labute approximate surface area is 125 Å². The second-order valence-corrected chi connectivity index (χ2v) is 5.09. The van der Waals surface area contributed by atoms with Gasteiger partial charge < -0.3 is 5.32 Å². The number of aromatic nitrogens is 2. The molecule has 3 nitrogen and oxygen atoms in total. The molecule has 0 amide bonds. The van der Waals surface area contributed by atoms with Gasteiger partial charge in [-0.3, -0.25) is 0 Å². The third-order valence-electron chi connectivity index (χ3n) is 1.97. The van der Waals surface area contributed by atoms with Crippen LogP contribution in [0.4, 0.5) is 15.9 Å². The van der Waals surface area contributed by atoms with Crippen molar-refractivity contribution in [3.8, 4) is 0 Å². The molecule has 0 unspecified atom stereocenters. The summed E-state index contributed by atoms with van der Waals surface area (Å²) in [5.74, 6) is -0.0862. The highest BCUT2D eigenvalue weighted by Gasteiger charge is 2.11. The van der Waals surface area contributed by atoms with Crippen molar-refractivity contribution < 1.29 is 4.39 Å². The first kappa shape index (κ1) is 13.8. The number of nitrogens with one attached hydrogen (secondary N) is 1. The smallest absolute Gasteiger partial charge is 0.225 e. The van der Waals surface area contributed by atoms with Gasteiger partial charge in [-0.25, -0.2) is 9.37 Å². The number of anilines is 2. The molecular weight excluding hydrogens is 367 g/mol. The van der Waals surface area contributed by atoms with E-state index in [0.717, 1.165) is 0 Å². The lowest BCUT2D eigenvalue weighted by molar-refractivity contribution is 0.628. The first-order valence-electron chi connectivity index (χ1n) is 4.58. The van der Waals surface area contributed by atoms with Crippen LogP contribution in [0.3, 0.4) is 0 Å². The van der Waals surface area contributed by atoms with E-state index in [-0.39, 0.29) is 15.5 Å². The van der Waals surface area contributed by atoms with Crippen LogP contribution in [0.1, 0.15) is 0 Å². The first-order chi connectivity index (χ1) is 8.47. The normalized spacial score (nSPS) is 10.5. The molecule has 0 atom stereocenters. The molecule has 1 aromatic heterocycles. The van der Waals surface area contributed by atoms with E-state index in [2.05, 4.69) is 31.2 Å². The monoisotopic (exact) mass is 369 g/mol. The highest BCUT2D eigenvalue weighted by molar-refractivity contribution is 9.10. The van der Waals surface area contributed by atoms with E-state index in [4.69, 9.17) is 34.8 Å². The summed E-state index contributed by atoms with van der Waals surface area (Å²) in [6, 6.07) is 3.93. The quantitative estimate of drug-likeness (QED) is 0.591. The van der Waals surface area contributed by atoms with Crippen molar-refractivity contribution in [2.24, 2.45) is 0 Å². The van der Waals surface area contributed by atoms with Gasteiger partial charge >= 0.3 is 0 Å². The van der Waals surface area contributed by atoms with Gasteiger partial charge in [0, 0.05) is 0 Å². The van der Waals surface area contributed by atoms with Crippen LogP contribution >= 0.6 is 50.7 Å². The summed E-state index contributed by atoms with van der Waals surface area (Å²) < 4.78 is 13.3. The molecule has 0 spiro atoms. The molecule has 1 heterocycles. The van der Waals surface area contributed by atoms with Crippen LogP contribution in [0.15, 0.2) is 22.7 Å². The third-order valence-corrected chi connectivity index (χ3v) is 3.70. The van der Waals surface area contributed by atoms with Crippen LogP contribution in [-0.4, -0.2) is 9.97 Å². The standard InChI is InChI=1S/C10H4BrCl3FN3/c11-7-8(13)17-10(14)18-9(7)16-6-2-1-4(15)3-5(6)12/h1-3H,(H,16,17,18). The summed E-state index contributed by atoms with van der Waals surface area (Å²) in [5.41, 5.74) is 0.476. The molecule has 0 aliphatic rings. The van der Waals surface area contributed by atoms with Crippen molar-refractivity contribution in [2.75, 3.05) is 5.32 Å². The van der Waals surface area contributed by atoms with Crippen molar-refractivity contribution in [1.29, 1.82) is 0 Å². The minimum absolute atomic E-state index is 0.0102. The number of halogens is 5. The van der Waals surface area contributed by atoms with E-state index in [0.29, 0.717) is 16.0 Å². The number of hydrogen-bond acceptors (Lipinski definition) is 3. The zero-order chi connectivity index (χ0) is 13.3. The van der Waals surface area contributed by atoms with Gasteiger partial charge in [0.05, 0.1) is 15.2 Å². The van der Waals surface area contributed by atoms with Gasteiger partial charge in [-0.05, 0) is 45.7 Å². The Balaban J connectivity index is 2.40. The summed E-state index contributed by atoms with van der Waals surface area (Å²) in [7, 11) is 0. The number of benzene rings is 1. The van der Waals surface area contributed by atoms with Gasteiger partial charge in [0.25, 0.3) is 0 Å². The SMILES string of the molecule is Fc1ccc(Nc2nc(Cl)nc(Cl)c2Br)c(Cl)c1. The average Bonchev–Trinajstić information content (AvgIpc) is 2.29. The maximum absolute atomic E-state index is 12.9. The molecule has 8 heteroatoms. The maximum Gasteiger partial charge on any atom is 0.225 e. The van der Waals surface area contributed by atoms with Gasteiger partial charge in [0.1, 0.15) is 11.0 Å². The summed E-state index contributed by atoms with van der Waals surface area (Å²) in [6.45, 7) is 0. The third kappa shape index (κ3) is 3.03. The highest BCUT2D eigenvalue weighted by Crippen LogP contribution is 2.33.